The Morgan fingerprint density at radius 2 is 1.76 bits per heavy atom. The molecule has 25 heavy (non-hydrogen) atoms. The van der Waals surface area contributed by atoms with Crippen LogP contribution < -0.4 is 0 Å². The molecular weight excluding hydrogens is 326 g/mol. The van der Waals surface area contributed by atoms with Crippen molar-refractivity contribution in [1.29, 1.82) is 0 Å². The minimum atomic E-state index is -0.712. The summed E-state index contributed by atoms with van der Waals surface area (Å²) in [5.74, 6) is -1.59. The maximum Gasteiger partial charge on any atom is 0.311 e. The van der Waals surface area contributed by atoms with E-state index in [0.29, 0.717) is 5.56 Å². The molecule has 2 bridgehead atoms. The number of hydrazone groups is 1. The first-order chi connectivity index (χ1) is 12.0. The third-order valence-corrected chi connectivity index (χ3v) is 5.25. The van der Waals surface area contributed by atoms with Crippen LogP contribution >= 0.6 is 0 Å². The second-order valence-corrected chi connectivity index (χ2v) is 6.58. The van der Waals surface area contributed by atoms with Crippen molar-refractivity contribution >= 4 is 23.7 Å². The van der Waals surface area contributed by atoms with E-state index < -0.39 is 16.4 Å². The summed E-state index contributed by atoms with van der Waals surface area (Å²) in [6.45, 7) is 0. The number of imide groups is 1. The van der Waals surface area contributed by atoms with E-state index >= 15 is 0 Å². The van der Waals surface area contributed by atoms with E-state index in [9.17, 15) is 24.8 Å². The van der Waals surface area contributed by atoms with E-state index in [2.05, 4.69) is 5.10 Å². The lowest BCUT2D eigenvalue weighted by Crippen LogP contribution is -2.38. The van der Waals surface area contributed by atoms with Gasteiger partial charge in [0.25, 0.3) is 11.8 Å². The number of carbonyl (C=O) groups is 2. The average Bonchev–Trinajstić information content (AvgIpc) is 2.88. The number of fused-ring (bicyclic) bond motifs is 1. The zero-order valence-electron chi connectivity index (χ0n) is 13.1. The summed E-state index contributed by atoms with van der Waals surface area (Å²) in [7, 11) is 0. The van der Waals surface area contributed by atoms with E-state index in [1.54, 1.807) is 0 Å². The van der Waals surface area contributed by atoms with Crippen molar-refractivity contribution in [2.75, 3.05) is 0 Å². The Balaban J connectivity index is 1.60. The highest BCUT2D eigenvalue weighted by Crippen LogP contribution is 2.49. The Labute approximate surface area is 142 Å². The van der Waals surface area contributed by atoms with Crippen molar-refractivity contribution in [3.05, 3.63) is 46.0 Å². The molecule has 8 nitrogen and oxygen atoms in total. The largest absolute Gasteiger partial charge is 0.502 e. The van der Waals surface area contributed by atoms with Gasteiger partial charge in [-0.3, -0.25) is 19.7 Å². The van der Waals surface area contributed by atoms with Crippen molar-refractivity contribution in [2.45, 2.75) is 12.8 Å². The van der Waals surface area contributed by atoms with Crippen molar-refractivity contribution in [2.24, 2.45) is 28.8 Å². The number of phenols is 1. The van der Waals surface area contributed by atoms with Gasteiger partial charge in [0.05, 0.1) is 23.0 Å². The van der Waals surface area contributed by atoms with E-state index in [0.717, 1.165) is 23.9 Å². The summed E-state index contributed by atoms with van der Waals surface area (Å²) in [5, 5.41) is 25.2. The van der Waals surface area contributed by atoms with Gasteiger partial charge in [0, 0.05) is 11.6 Å². The first kappa shape index (κ1) is 15.5. The van der Waals surface area contributed by atoms with Gasteiger partial charge < -0.3 is 5.11 Å². The van der Waals surface area contributed by atoms with Gasteiger partial charge >= 0.3 is 5.69 Å². The maximum atomic E-state index is 12.6. The molecule has 8 heteroatoms. The Morgan fingerprint density at radius 3 is 2.28 bits per heavy atom. The average molecular weight is 341 g/mol. The van der Waals surface area contributed by atoms with Gasteiger partial charge in [0.1, 0.15) is 0 Å². The molecule has 3 aliphatic carbocycles. The molecule has 1 heterocycles. The molecule has 0 radical (unpaired) electrons. The van der Waals surface area contributed by atoms with Gasteiger partial charge in [-0.2, -0.15) is 10.1 Å². The number of hydrogen-bond donors (Lipinski definition) is 1. The zero-order chi connectivity index (χ0) is 17.7. The number of aromatic hydroxyl groups is 1. The summed E-state index contributed by atoms with van der Waals surface area (Å²) >= 11 is 0. The Bertz CT molecular complexity index is 815. The van der Waals surface area contributed by atoms with E-state index in [1.807, 2.05) is 12.2 Å². The second kappa shape index (κ2) is 5.51. The van der Waals surface area contributed by atoms with E-state index in [-0.39, 0.29) is 35.5 Å². The van der Waals surface area contributed by atoms with E-state index in [4.69, 9.17) is 0 Å². The van der Waals surface area contributed by atoms with Gasteiger partial charge in [-0.1, -0.05) is 12.2 Å². The fourth-order valence-corrected chi connectivity index (χ4v) is 4.06. The van der Waals surface area contributed by atoms with Crippen molar-refractivity contribution in [3.8, 4) is 5.75 Å². The number of nitrogens with zero attached hydrogens (tertiary/aromatic N) is 3. The zero-order valence-corrected chi connectivity index (χ0v) is 13.1. The first-order valence-electron chi connectivity index (χ1n) is 8.05. The molecule has 1 aliphatic heterocycles. The van der Waals surface area contributed by atoms with Crippen LogP contribution in [0.1, 0.15) is 18.4 Å². The molecule has 1 N–H and O–H groups in total. The van der Waals surface area contributed by atoms with Crippen molar-refractivity contribution in [1.82, 2.24) is 5.01 Å². The number of carbonyl (C=O) groups excluding carboxylic acids is 2. The quantitative estimate of drug-likeness (QED) is 0.296. The number of nitro benzene ring substituents is 1. The lowest BCUT2D eigenvalue weighted by atomic mass is 9.63. The van der Waals surface area contributed by atoms with Crippen LogP contribution in [0, 0.1) is 33.8 Å². The number of rotatable bonds is 3. The number of phenolic OH excluding ortho intramolecular Hbond substituents is 1. The van der Waals surface area contributed by atoms with Crippen LogP contribution in [-0.4, -0.2) is 33.1 Å². The molecule has 4 aliphatic rings. The highest BCUT2D eigenvalue weighted by Gasteiger charge is 2.56. The lowest BCUT2D eigenvalue weighted by Gasteiger charge is -2.37. The van der Waals surface area contributed by atoms with Crippen LogP contribution in [0.2, 0.25) is 0 Å². The van der Waals surface area contributed by atoms with Crippen LogP contribution in [0.15, 0.2) is 35.5 Å². The third kappa shape index (κ3) is 2.33. The second-order valence-electron chi connectivity index (χ2n) is 6.58. The minimum absolute atomic E-state index is 0.0846. The molecule has 1 saturated heterocycles. The predicted octanol–water partition coefficient (Wildman–Crippen LogP) is 1.83. The van der Waals surface area contributed by atoms with Crippen molar-refractivity contribution < 1.29 is 19.6 Å². The van der Waals surface area contributed by atoms with Crippen LogP contribution in [0.5, 0.6) is 5.75 Å². The molecule has 0 spiro atoms. The predicted molar refractivity (Wildman–Crippen MR) is 86.5 cm³/mol. The van der Waals surface area contributed by atoms with Gasteiger partial charge in [-0.15, -0.1) is 0 Å². The maximum absolute atomic E-state index is 12.6. The molecule has 1 saturated carbocycles. The van der Waals surface area contributed by atoms with Gasteiger partial charge in [0.2, 0.25) is 0 Å². The minimum Gasteiger partial charge on any atom is -0.502 e. The molecule has 2 fully saturated rings. The monoisotopic (exact) mass is 341 g/mol. The fourth-order valence-electron chi connectivity index (χ4n) is 4.06. The number of hydrogen-bond acceptors (Lipinski definition) is 6. The summed E-state index contributed by atoms with van der Waals surface area (Å²) < 4.78 is 0. The number of benzene rings is 1. The highest BCUT2D eigenvalue weighted by atomic mass is 16.6. The van der Waals surface area contributed by atoms with Gasteiger partial charge in [0.15, 0.2) is 5.75 Å². The van der Waals surface area contributed by atoms with Gasteiger partial charge in [-0.05, 0) is 36.8 Å². The van der Waals surface area contributed by atoms with Crippen LogP contribution in [0.3, 0.4) is 0 Å². The summed E-state index contributed by atoms with van der Waals surface area (Å²) in [6, 6.07) is 3.74. The Kier molecular flexibility index (Phi) is 3.41. The number of amides is 2. The first-order valence-corrected chi connectivity index (χ1v) is 8.05. The van der Waals surface area contributed by atoms with Crippen molar-refractivity contribution in [3.63, 3.8) is 0 Å². The number of allylic oxidation sites excluding steroid dienone is 2. The topological polar surface area (TPSA) is 113 Å². The molecule has 5 rings (SSSR count). The summed E-state index contributed by atoms with van der Waals surface area (Å²) in [5.41, 5.74) is -0.139. The third-order valence-electron chi connectivity index (χ3n) is 5.25. The molecule has 1 aromatic carbocycles. The Hall–Kier alpha value is -3.03. The van der Waals surface area contributed by atoms with E-state index in [1.165, 1.54) is 18.3 Å². The molecule has 0 unspecified atom stereocenters. The summed E-state index contributed by atoms with van der Waals surface area (Å²) in [4.78, 5) is 35.4. The normalized spacial score (nSPS) is 30.3. The molecule has 1 aromatic rings. The SMILES string of the molecule is O=C1[C@@H]2[C@H](C(=O)N1/N=C\c1ccc(O)c([N+](=O)[O-])c1)[C@@H]1C=C[C@@H]2CC1. The lowest BCUT2D eigenvalue weighted by molar-refractivity contribution is -0.385. The molecule has 0 aromatic heterocycles. The van der Waals surface area contributed by atoms with Crippen LogP contribution in [0.4, 0.5) is 5.69 Å². The fraction of sp³-hybridized carbons (Fsp3) is 0.353. The molecule has 4 atom stereocenters. The van der Waals surface area contributed by atoms with Crippen LogP contribution in [-0.2, 0) is 9.59 Å². The van der Waals surface area contributed by atoms with Gasteiger partial charge in [-0.25, -0.2) is 0 Å². The molecular formula is C17H15N3O5. The number of nitro groups is 1. The molecule has 128 valence electrons. The highest BCUT2D eigenvalue weighted by molar-refractivity contribution is 6.06. The Morgan fingerprint density at radius 1 is 1.16 bits per heavy atom. The summed E-state index contributed by atoms with van der Waals surface area (Å²) in [6.07, 6.45) is 7.09. The smallest absolute Gasteiger partial charge is 0.311 e. The van der Waals surface area contributed by atoms with Crippen LogP contribution in [0.25, 0.3) is 0 Å². The standard InChI is InChI=1S/C17H15N3O5/c21-13-6-1-9(7-12(13)20(24)25)8-18-19-16(22)14-10-2-3-11(5-4-10)15(14)17(19)23/h1-3,6-8,10-11,14-15,21H,4-5H2/b18-8-/t10-,11-,14-,15+/m1/s1. The molecule has 2 amide bonds.